The smallest absolute Gasteiger partial charge is 0.0628 e. The van der Waals surface area contributed by atoms with Crippen molar-refractivity contribution < 1.29 is 0 Å². The molecule has 0 aliphatic rings. The van der Waals surface area contributed by atoms with Crippen LogP contribution in [-0.2, 0) is 21.1 Å². The van der Waals surface area contributed by atoms with Crippen LogP contribution in [0.25, 0.3) is 0 Å². The summed E-state index contributed by atoms with van der Waals surface area (Å²) in [5.74, 6) is 1.78. The second-order valence-electron chi connectivity index (χ2n) is 8.56. The van der Waals surface area contributed by atoms with E-state index in [1.165, 1.54) is 22.4 Å². The van der Waals surface area contributed by atoms with E-state index in [0.717, 1.165) is 5.69 Å². The molecule has 0 atom stereocenters. The quantitative estimate of drug-likeness (QED) is 0.535. The van der Waals surface area contributed by atoms with Gasteiger partial charge in [-0.15, -0.1) is 0 Å². The summed E-state index contributed by atoms with van der Waals surface area (Å²) in [7, 11) is 5.87. The first-order valence-electron chi connectivity index (χ1n) is 10.4. The van der Waals surface area contributed by atoms with Gasteiger partial charge in [-0.1, -0.05) is 49.0 Å². The number of hydrogen-bond donors (Lipinski definition) is 0. The summed E-state index contributed by atoms with van der Waals surface area (Å²) in [6.07, 6.45) is 7.98. The summed E-state index contributed by atoms with van der Waals surface area (Å²) < 4.78 is 5.61. The molecule has 6 nitrogen and oxygen atoms in total. The maximum atomic E-state index is 4.25. The molecule has 0 N–H and O–H groups in total. The van der Waals surface area contributed by atoms with Crippen LogP contribution in [0.4, 0.5) is 0 Å². The normalized spacial score (nSPS) is 10.5. The molecule has 3 heterocycles. The number of rotatable bonds is 3. The monoisotopic (exact) mass is 416 g/mol. The van der Waals surface area contributed by atoms with Crippen molar-refractivity contribution in [1.29, 1.82) is 0 Å². The molecule has 30 heavy (non-hydrogen) atoms. The molecular weight excluding hydrogens is 372 g/mol. The highest BCUT2D eigenvalue weighted by atomic mass is 15.3. The van der Waals surface area contributed by atoms with Crippen LogP contribution in [0.2, 0.25) is 0 Å². The van der Waals surface area contributed by atoms with E-state index in [4.69, 9.17) is 0 Å². The predicted octanol–water partition coefficient (Wildman–Crippen LogP) is 5.88. The van der Waals surface area contributed by atoms with Crippen molar-refractivity contribution in [2.75, 3.05) is 0 Å². The van der Waals surface area contributed by atoms with Gasteiger partial charge in [0.05, 0.1) is 18.1 Å². The van der Waals surface area contributed by atoms with Crippen LogP contribution in [0.3, 0.4) is 0 Å². The van der Waals surface area contributed by atoms with E-state index in [1.54, 1.807) is 0 Å². The summed E-state index contributed by atoms with van der Waals surface area (Å²) >= 11 is 0. The maximum absolute atomic E-state index is 4.25. The van der Waals surface area contributed by atoms with Gasteiger partial charge in [-0.2, -0.15) is 15.3 Å². The van der Waals surface area contributed by atoms with E-state index in [-0.39, 0.29) is 7.43 Å². The highest BCUT2D eigenvalue weighted by Gasteiger charge is 2.06. The zero-order valence-corrected chi connectivity index (χ0v) is 20.2. The lowest BCUT2D eigenvalue weighted by atomic mass is 10.1. The third-order valence-corrected chi connectivity index (χ3v) is 4.96. The minimum atomic E-state index is 0. The van der Waals surface area contributed by atoms with Gasteiger partial charge in [0.25, 0.3) is 0 Å². The SMILES string of the molecule is C.CC(C)c1cnn(C)c1.Cc1c(C(C)C)cnn1C.Cc1nn(C)cc1C(C)C. The Balaban J connectivity index is 0.000000414. The van der Waals surface area contributed by atoms with Gasteiger partial charge in [0.2, 0.25) is 0 Å². The Labute approximate surface area is 184 Å². The standard InChI is InChI=1S/2C8H14N2.C7H12N2.CH4/c1-6(2)8-5-10(4)9-7(8)3;1-6(2)8-5-9-10(4)7(8)3;1-6(2)7-4-8-9(3)5-7;/h2*5-6H,1-4H3;4-6H,1-3H3;1H4. The largest absolute Gasteiger partial charge is 0.276 e. The van der Waals surface area contributed by atoms with Gasteiger partial charge < -0.3 is 0 Å². The molecular formula is C24H44N6. The minimum Gasteiger partial charge on any atom is -0.276 e. The van der Waals surface area contributed by atoms with Gasteiger partial charge >= 0.3 is 0 Å². The average Bonchev–Trinajstić information content (AvgIpc) is 3.29. The van der Waals surface area contributed by atoms with Gasteiger partial charge in [0, 0.05) is 39.2 Å². The molecule has 0 radical (unpaired) electrons. The lowest BCUT2D eigenvalue weighted by molar-refractivity contribution is 0.733. The number of aryl methyl sites for hydroxylation is 4. The first-order valence-corrected chi connectivity index (χ1v) is 10.4. The van der Waals surface area contributed by atoms with Crippen molar-refractivity contribution in [2.45, 2.75) is 80.6 Å². The Morgan fingerprint density at radius 1 is 0.700 bits per heavy atom. The Morgan fingerprint density at radius 3 is 1.47 bits per heavy atom. The van der Waals surface area contributed by atoms with Gasteiger partial charge in [-0.3, -0.25) is 14.0 Å². The van der Waals surface area contributed by atoms with Crippen LogP contribution in [0.1, 0.15) is 94.8 Å². The third-order valence-electron chi connectivity index (χ3n) is 4.96. The second kappa shape index (κ2) is 12.4. The van der Waals surface area contributed by atoms with Crippen LogP contribution >= 0.6 is 0 Å². The number of nitrogens with zero attached hydrogens (tertiary/aromatic N) is 6. The van der Waals surface area contributed by atoms with Crippen molar-refractivity contribution >= 4 is 0 Å². The van der Waals surface area contributed by atoms with E-state index >= 15 is 0 Å². The van der Waals surface area contributed by atoms with Gasteiger partial charge in [-0.25, -0.2) is 0 Å². The molecule has 0 spiro atoms. The highest BCUT2D eigenvalue weighted by Crippen LogP contribution is 2.17. The van der Waals surface area contributed by atoms with Gasteiger partial charge in [-0.05, 0) is 48.3 Å². The van der Waals surface area contributed by atoms with Crippen LogP contribution in [-0.4, -0.2) is 29.3 Å². The lowest BCUT2D eigenvalue weighted by Crippen LogP contribution is -1.94. The molecule has 0 amide bonds. The van der Waals surface area contributed by atoms with E-state index in [0.29, 0.717) is 17.8 Å². The van der Waals surface area contributed by atoms with Gasteiger partial charge in [0.15, 0.2) is 0 Å². The second-order valence-corrected chi connectivity index (χ2v) is 8.56. The van der Waals surface area contributed by atoms with Crippen LogP contribution in [0.5, 0.6) is 0 Å². The Kier molecular flexibility index (Phi) is 11.4. The molecule has 3 rings (SSSR count). The fraction of sp³-hybridized carbons (Fsp3) is 0.625. The lowest BCUT2D eigenvalue weighted by Gasteiger charge is -2.02. The minimum absolute atomic E-state index is 0. The first-order chi connectivity index (χ1) is 13.4. The van der Waals surface area contributed by atoms with Crippen molar-refractivity contribution in [3.8, 4) is 0 Å². The fourth-order valence-electron chi connectivity index (χ4n) is 3.01. The molecule has 0 saturated heterocycles. The van der Waals surface area contributed by atoms with E-state index in [9.17, 15) is 0 Å². The molecule has 3 aromatic rings. The van der Waals surface area contributed by atoms with E-state index in [1.807, 2.05) is 53.8 Å². The topological polar surface area (TPSA) is 53.5 Å². The molecule has 170 valence electrons. The molecule has 0 unspecified atom stereocenters. The third kappa shape index (κ3) is 8.17. The van der Waals surface area contributed by atoms with Crippen LogP contribution < -0.4 is 0 Å². The van der Waals surface area contributed by atoms with Crippen LogP contribution in [0.15, 0.2) is 24.8 Å². The molecule has 0 aliphatic heterocycles. The molecule has 0 saturated carbocycles. The first kappa shape index (κ1) is 27.6. The van der Waals surface area contributed by atoms with Crippen molar-refractivity contribution in [2.24, 2.45) is 21.1 Å². The summed E-state index contributed by atoms with van der Waals surface area (Å²) in [5.41, 5.74) is 6.43. The predicted molar refractivity (Wildman–Crippen MR) is 128 cm³/mol. The molecule has 0 aromatic carbocycles. The van der Waals surface area contributed by atoms with Crippen molar-refractivity contribution in [1.82, 2.24) is 29.3 Å². The maximum Gasteiger partial charge on any atom is 0.0628 e. The molecule has 0 aliphatic carbocycles. The summed E-state index contributed by atoms with van der Waals surface area (Å²) in [6.45, 7) is 17.2. The zero-order chi connectivity index (χ0) is 22.3. The van der Waals surface area contributed by atoms with Gasteiger partial charge in [0.1, 0.15) is 0 Å². The Hall–Kier alpha value is -2.37. The highest BCUT2D eigenvalue weighted by molar-refractivity contribution is 5.19. The summed E-state index contributed by atoms with van der Waals surface area (Å²) in [4.78, 5) is 0. The zero-order valence-electron chi connectivity index (χ0n) is 20.2. The fourth-order valence-corrected chi connectivity index (χ4v) is 3.01. The van der Waals surface area contributed by atoms with Crippen molar-refractivity contribution in [3.05, 3.63) is 52.9 Å². The van der Waals surface area contributed by atoms with E-state index in [2.05, 4.69) is 76.9 Å². The average molecular weight is 417 g/mol. The molecule has 3 aromatic heterocycles. The number of hydrogen-bond acceptors (Lipinski definition) is 3. The van der Waals surface area contributed by atoms with Crippen LogP contribution in [0, 0.1) is 13.8 Å². The summed E-state index contributed by atoms with van der Waals surface area (Å²) in [5, 5.41) is 12.5. The Bertz CT molecular complexity index is 858. The van der Waals surface area contributed by atoms with E-state index < -0.39 is 0 Å². The number of aromatic nitrogens is 6. The molecule has 6 heteroatoms. The molecule has 0 bridgehead atoms. The molecule has 0 fully saturated rings. The summed E-state index contributed by atoms with van der Waals surface area (Å²) in [6, 6.07) is 0. The van der Waals surface area contributed by atoms with Crippen molar-refractivity contribution in [3.63, 3.8) is 0 Å². The Morgan fingerprint density at radius 2 is 1.27 bits per heavy atom.